The lowest BCUT2D eigenvalue weighted by molar-refractivity contribution is -0.136. The quantitative estimate of drug-likeness (QED) is 0.708. The molecule has 0 saturated heterocycles. The van der Waals surface area contributed by atoms with E-state index in [0.717, 1.165) is 12.8 Å². The van der Waals surface area contributed by atoms with E-state index in [1.54, 1.807) is 26.8 Å². The smallest absolute Gasteiger partial charge is 0.407 e. The predicted molar refractivity (Wildman–Crippen MR) is 95.1 cm³/mol. The standard InChI is InChI=1S/C18H32N2O5/c1-7-12(8-2)24-14-10-11(16(21)23-6)9-13(15(14)19)20-17(22)25-18(3,4)5/h10,12-15H,7-9,19H2,1-6H3,(H,20,22)/t13-,14+,15+/m0/s1. The SMILES string of the molecule is CCC(CC)O[C@@H]1C=C(C(=O)OC)C[C@H](NC(=O)OC(C)(C)C)[C@H]1N. The fourth-order valence-electron chi connectivity index (χ4n) is 2.70. The van der Waals surface area contributed by atoms with Crippen molar-refractivity contribution in [3.63, 3.8) is 0 Å². The van der Waals surface area contributed by atoms with Crippen molar-refractivity contribution >= 4 is 12.1 Å². The monoisotopic (exact) mass is 356 g/mol. The molecule has 1 aliphatic rings. The fourth-order valence-corrected chi connectivity index (χ4v) is 2.70. The summed E-state index contributed by atoms with van der Waals surface area (Å²) in [7, 11) is 1.32. The number of nitrogens with one attached hydrogen (secondary N) is 1. The molecule has 0 saturated carbocycles. The molecule has 0 fully saturated rings. The van der Waals surface area contributed by atoms with Gasteiger partial charge in [0.25, 0.3) is 0 Å². The largest absolute Gasteiger partial charge is 0.466 e. The van der Waals surface area contributed by atoms with Crippen LogP contribution < -0.4 is 11.1 Å². The summed E-state index contributed by atoms with van der Waals surface area (Å²) < 4.78 is 16.1. The minimum Gasteiger partial charge on any atom is -0.466 e. The van der Waals surface area contributed by atoms with Gasteiger partial charge in [-0.15, -0.1) is 0 Å². The summed E-state index contributed by atoms with van der Waals surface area (Å²) in [5.41, 5.74) is 6.13. The van der Waals surface area contributed by atoms with Gasteiger partial charge in [-0.05, 0) is 39.7 Å². The normalized spacial score (nSPS) is 23.8. The van der Waals surface area contributed by atoms with Crippen LogP contribution in [-0.2, 0) is 19.0 Å². The number of rotatable bonds is 6. The van der Waals surface area contributed by atoms with Gasteiger partial charge in [-0.3, -0.25) is 0 Å². The van der Waals surface area contributed by atoms with Gasteiger partial charge in [-0.1, -0.05) is 13.8 Å². The van der Waals surface area contributed by atoms with E-state index in [9.17, 15) is 9.59 Å². The minimum absolute atomic E-state index is 0.0338. The molecule has 0 unspecified atom stereocenters. The molecular weight excluding hydrogens is 324 g/mol. The maximum Gasteiger partial charge on any atom is 0.407 e. The van der Waals surface area contributed by atoms with Gasteiger partial charge in [-0.2, -0.15) is 0 Å². The van der Waals surface area contributed by atoms with Crippen molar-refractivity contribution in [2.75, 3.05) is 7.11 Å². The number of esters is 1. The van der Waals surface area contributed by atoms with Crippen molar-refractivity contribution in [2.45, 2.75) is 83.8 Å². The average molecular weight is 356 g/mol. The summed E-state index contributed by atoms with van der Waals surface area (Å²) in [6, 6.07) is -0.963. The second-order valence-electron chi connectivity index (χ2n) is 7.26. The summed E-state index contributed by atoms with van der Waals surface area (Å²) in [5, 5.41) is 2.76. The molecular formula is C18H32N2O5. The van der Waals surface area contributed by atoms with Gasteiger partial charge in [0.05, 0.1) is 31.4 Å². The maximum atomic E-state index is 12.1. The topological polar surface area (TPSA) is 99.9 Å². The lowest BCUT2D eigenvalue weighted by Gasteiger charge is -2.36. The van der Waals surface area contributed by atoms with Crippen LogP contribution in [0.4, 0.5) is 4.79 Å². The second-order valence-corrected chi connectivity index (χ2v) is 7.26. The Morgan fingerprint density at radius 1 is 1.32 bits per heavy atom. The van der Waals surface area contributed by atoms with Gasteiger partial charge in [-0.25, -0.2) is 9.59 Å². The molecule has 0 aromatic carbocycles. The van der Waals surface area contributed by atoms with E-state index < -0.39 is 35.9 Å². The van der Waals surface area contributed by atoms with Gasteiger partial charge < -0.3 is 25.3 Å². The summed E-state index contributed by atoms with van der Waals surface area (Å²) in [4.78, 5) is 24.1. The summed E-state index contributed by atoms with van der Waals surface area (Å²) in [5.74, 6) is -0.443. The molecule has 0 radical (unpaired) electrons. The van der Waals surface area contributed by atoms with E-state index in [-0.39, 0.29) is 12.5 Å². The van der Waals surface area contributed by atoms with Gasteiger partial charge in [0.1, 0.15) is 5.60 Å². The number of amides is 1. The third-order valence-electron chi connectivity index (χ3n) is 4.06. The average Bonchev–Trinajstić information content (AvgIpc) is 2.52. The number of carbonyl (C=O) groups is 2. The Morgan fingerprint density at radius 2 is 1.92 bits per heavy atom. The number of hydrogen-bond acceptors (Lipinski definition) is 6. The molecule has 144 valence electrons. The molecule has 0 spiro atoms. The Labute approximate surface area is 150 Å². The van der Waals surface area contributed by atoms with E-state index in [1.807, 2.05) is 13.8 Å². The Morgan fingerprint density at radius 3 is 2.40 bits per heavy atom. The molecule has 25 heavy (non-hydrogen) atoms. The Kier molecular flexibility index (Phi) is 7.89. The highest BCUT2D eigenvalue weighted by Gasteiger charge is 2.36. The first kappa shape index (κ1) is 21.4. The number of nitrogens with two attached hydrogens (primary N) is 1. The zero-order valence-electron chi connectivity index (χ0n) is 16.1. The van der Waals surface area contributed by atoms with E-state index in [0.29, 0.717) is 5.57 Å². The van der Waals surface area contributed by atoms with Crippen LogP contribution in [0.15, 0.2) is 11.6 Å². The number of alkyl carbamates (subject to hydrolysis) is 1. The Hall–Kier alpha value is -1.60. The van der Waals surface area contributed by atoms with Gasteiger partial charge >= 0.3 is 12.1 Å². The number of ether oxygens (including phenoxy) is 3. The minimum atomic E-state index is -0.616. The molecule has 7 nitrogen and oxygen atoms in total. The lowest BCUT2D eigenvalue weighted by Crippen LogP contribution is -2.57. The highest BCUT2D eigenvalue weighted by molar-refractivity contribution is 5.89. The number of methoxy groups -OCH3 is 1. The van der Waals surface area contributed by atoms with Crippen LogP contribution in [-0.4, -0.2) is 49.1 Å². The third-order valence-corrected chi connectivity index (χ3v) is 4.06. The van der Waals surface area contributed by atoms with Crippen molar-refractivity contribution in [2.24, 2.45) is 5.73 Å². The molecule has 1 aliphatic carbocycles. The van der Waals surface area contributed by atoms with Crippen LogP contribution in [0.1, 0.15) is 53.9 Å². The zero-order valence-corrected chi connectivity index (χ0v) is 16.1. The molecule has 0 bridgehead atoms. The maximum absolute atomic E-state index is 12.1. The summed E-state index contributed by atoms with van der Waals surface area (Å²) >= 11 is 0. The molecule has 1 amide bonds. The van der Waals surface area contributed by atoms with Crippen LogP contribution in [0, 0.1) is 0 Å². The van der Waals surface area contributed by atoms with Gasteiger partial charge in [0.2, 0.25) is 0 Å². The highest BCUT2D eigenvalue weighted by atomic mass is 16.6. The number of carbonyl (C=O) groups excluding carboxylic acids is 2. The first-order valence-electron chi connectivity index (χ1n) is 8.80. The van der Waals surface area contributed by atoms with Crippen molar-refractivity contribution in [3.8, 4) is 0 Å². The van der Waals surface area contributed by atoms with E-state index in [1.165, 1.54) is 7.11 Å². The number of hydrogen-bond donors (Lipinski definition) is 2. The fraction of sp³-hybridized carbons (Fsp3) is 0.778. The van der Waals surface area contributed by atoms with E-state index in [2.05, 4.69) is 5.32 Å². The van der Waals surface area contributed by atoms with E-state index in [4.69, 9.17) is 19.9 Å². The first-order chi connectivity index (χ1) is 11.6. The van der Waals surface area contributed by atoms with E-state index >= 15 is 0 Å². The zero-order chi connectivity index (χ0) is 19.2. The Bertz CT molecular complexity index is 494. The molecule has 3 atom stereocenters. The molecule has 0 aliphatic heterocycles. The van der Waals surface area contributed by atoms with Crippen LogP contribution in [0.2, 0.25) is 0 Å². The molecule has 7 heteroatoms. The molecule has 0 aromatic heterocycles. The van der Waals surface area contributed by atoms with Crippen LogP contribution in [0.25, 0.3) is 0 Å². The lowest BCUT2D eigenvalue weighted by atomic mass is 9.88. The van der Waals surface area contributed by atoms with Gasteiger partial charge in [0, 0.05) is 12.0 Å². The first-order valence-corrected chi connectivity index (χ1v) is 8.80. The third kappa shape index (κ3) is 6.66. The van der Waals surface area contributed by atoms with Crippen LogP contribution in [0.5, 0.6) is 0 Å². The van der Waals surface area contributed by atoms with Gasteiger partial charge in [0.15, 0.2) is 0 Å². The molecule has 0 heterocycles. The van der Waals surface area contributed by atoms with Crippen LogP contribution >= 0.6 is 0 Å². The molecule has 3 N–H and O–H groups in total. The van der Waals surface area contributed by atoms with Crippen LogP contribution in [0.3, 0.4) is 0 Å². The molecule has 0 aromatic rings. The second kappa shape index (κ2) is 9.20. The van der Waals surface area contributed by atoms with Crippen molar-refractivity contribution in [1.82, 2.24) is 5.32 Å². The predicted octanol–water partition coefficient (Wildman–Crippen LogP) is 2.28. The van der Waals surface area contributed by atoms with Crippen molar-refractivity contribution < 1.29 is 23.8 Å². The summed E-state index contributed by atoms with van der Waals surface area (Å²) in [6.45, 7) is 9.41. The highest BCUT2D eigenvalue weighted by Crippen LogP contribution is 2.24. The summed E-state index contributed by atoms with van der Waals surface area (Å²) in [6.07, 6.45) is 2.65. The van der Waals surface area contributed by atoms with Crippen molar-refractivity contribution in [3.05, 3.63) is 11.6 Å². The Balaban J connectivity index is 2.93. The molecule has 1 rings (SSSR count). The van der Waals surface area contributed by atoms with Crippen molar-refractivity contribution in [1.29, 1.82) is 0 Å².